The van der Waals surface area contributed by atoms with Crippen molar-refractivity contribution in [2.75, 3.05) is 4.90 Å². The SMILES string of the molecule is Cc1nc(C)c(C(=O)C2=C(O)C(=O)N(c3nnc(SCc4ccc(Cl)cc4Cl)s3)C2c2ccc(Br)cc2)s1. The van der Waals surface area contributed by atoms with Crippen LogP contribution in [0.4, 0.5) is 5.13 Å². The van der Waals surface area contributed by atoms with Crippen molar-refractivity contribution in [3.05, 3.63) is 95.0 Å². The highest BCUT2D eigenvalue weighted by Crippen LogP contribution is 2.45. The lowest BCUT2D eigenvalue weighted by molar-refractivity contribution is -0.117. The van der Waals surface area contributed by atoms with Crippen LogP contribution in [0.2, 0.25) is 10.0 Å². The third-order valence-corrected chi connectivity index (χ3v) is 10.0. The molecular formula is C25H17BrCl2N4O3S3. The number of thioether (sulfide) groups is 1. The summed E-state index contributed by atoms with van der Waals surface area (Å²) in [6, 6.07) is 11.6. The van der Waals surface area contributed by atoms with Crippen LogP contribution in [0.25, 0.3) is 0 Å². The Kier molecular flexibility index (Phi) is 7.95. The monoisotopic (exact) mass is 666 g/mol. The van der Waals surface area contributed by atoms with E-state index in [1.807, 2.05) is 18.2 Å². The van der Waals surface area contributed by atoms with Gasteiger partial charge in [-0.25, -0.2) is 4.98 Å². The second-order valence-electron chi connectivity index (χ2n) is 8.24. The summed E-state index contributed by atoms with van der Waals surface area (Å²) in [5, 5.41) is 21.5. The quantitative estimate of drug-likeness (QED) is 0.122. The molecule has 0 aliphatic carbocycles. The van der Waals surface area contributed by atoms with E-state index in [1.54, 1.807) is 38.1 Å². The van der Waals surface area contributed by atoms with Gasteiger partial charge in [0.05, 0.1) is 27.2 Å². The minimum atomic E-state index is -0.888. The average molecular weight is 668 g/mol. The number of nitrogens with zero attached hydrogens (tertiary/aromatic N) is 4. The smallest absolute Gasteiger partial charge is 0.296 e. The molecule has 0 radical (unpaired) electrons. The first kappa shape index (κ1) is 27.3. The number of aliphatic hydroxyl groups excluding tert-OH is 1. The molecule has 1 N–H and O–H groups in total. The standard InChI is InChI=1S/C25H17BrCl2N4O3S3/c1-11-22(37-12(2)29-11)20(33)18-19(13-3-6-15(26)7-4-13)32(23(35)21(18)34)24-30-31-25(38-24)36-10-14-5-8-16(27)9-17(14)28/h3-9,19,34H,10H2,1-2H3. The molecule has 38 heavy (non-hydrogen) atoms. The molecule has 2 aromatic heterocycles. The van der Waals surface area contributed by atoms with Crippen LogP contribution in [0.3, 0.4) is 0 Å². The maximum Gasteiger partial charge on any atom is 0.296 e. The number of aryl methyl sites for hydroxylation is 2. The Bertz CT molecular complexity index is 1600. The predicted octanol–water partition coefficient (Wildman–Crippen LogP) is 7.76. The average Bonchev–Trinajstić information content (AvgIpc) is 3.55. The molecule has 7 nitrogen and oxygen atoms in total. The summed E-state index contributed by atoms with van der Waals surface area (Å²) >= 11 is 19.5. The number of thiazole rings is 1. The number of hydrogen-bond donors (Lipinski definition) is 1. The number of benzene rings is 2. The number of Topliss-reactive ketones (excluding diaryl/α,β-unsaturated/α-hetero) is 1. The Balaban J connectivity index is 1.50. The molecule has 4 aromatic rings. The van der Waals surface area contributed by atoms with Gasteiger partial charge in [-0.15, -0.1) is 21.5 Å². The van der Waals surface area contributed by atoms with Crippen LogP contribution in [-0.4, -0.2) is 32.0 Å². The van der Waals surface area contributed by atoms with E-state index >= 15 is 0 Å². The summed E-state index contributed by atoms with van der Waals surface area (Å²) in [5.74, 6) is -1.24. The zero-order valence-electron chi connectivity index (χ0n) is 19.7. The molecule has 0 spiro atoms. The molecular weight excluding hydrogens is 651 g/mol. The Hall–Kier alpha value is -2.28. The van der Waals surface area contributed by atoms with Crippen molar-refractivity contribution in [2.45, 2.75) is 30.0 Å². The summed E-state index contributed by atoms with van der Waals surface area (Å²) < 4.78 is 1.43. The third-order valence-electron chi connectivity index (χ3n) is 5.72. The first-order chi connectivity index (χ1) is 18.1. The van der Waals surface area contributed by atoms with Crippen molar-refractivity contribution in [2.24, 2.45) is 0 Å². The zero-order valence-corrected chi connectivity index (χ0v) is 25.3. The molecule has 2 aromatic carbocycles. The number of rotatable bonds is 7. The van der Waals surface area contributed by atoms with Crippen LogP contribution in [0.15, 0.2) is 62.6 Å². The van der Waals surface area contributed by atoms with Crippen molar-refractivity contribution in [3.63, 3.8) is 0 Å². The van der Waals surface area contributed by atoms with E-state index in [1.165, 1.54) is 39.3 Å². The van der Waals surface area contributed by atoms with Gasteiger partial charge in [0.1, 0.15) is 0 Å². The maximum absolute atomic E-state index is 13.7. The fourth-order valence-electron chi connectivity index (χ4n) is 4.00. The third kappa shape index (κ3) is 5.28. The van der Waals surface area contributed by atoms with E-state index in [0.717, 1.165) is 15.0 Å². The summed E-state index contributed by atoms with van der Waals surface area (Å²) in [6.07, 6.45) is 0. The molecule has 3 heterocycles. The minimum Gasteiger partial charge on any atom is -0.503 e. The van der Waals surface area contributed by atoms with Gasteiger partial charge in [-0.05, 0) is 49.2 Å². The molecule has 0 fully saturated rings. The first-order valence-corrected chi connectivity index (χ1v) is 15.2. The Morgan fingerprint density at radius 3 is 2.53 bits per heavy atom. The Morgan fingerprint density at radius 1 is 1.13 bits per heavy atom. The van der Waals surface area contributed by atoms with Crippen molar-refractivity contribution in [1.29, 1.82) is 0 Å². The van der Waals surface area contributed by atoms with Crippen molar-refractivity contribution < 1.29 is 14.7 Å². The molecule has 1 aliphatic heterocycles. The van der Waals surface area contributed by atoms with E-state index in [0.29, 0.717) is 36.3 Å². The topological polar surface area (TPSA) is 96.3 Å². The Labute approximate surface area is 248 Å². The van der Waals surface area contributed by atoms with Crippen molar-refractivity contribution >= 4 is 90.4 Å². The second kappa shape index (κ2) is 11.1. The second-order valence-corrected chi connectivity index (χ2v) is 13.4. The van der Waals surface area contributed by atoms with Gasteiger partial charge in [0.25, 0.3) is 5.91 Å². The molecule has 0 saturated heterocycles. The maximum atomic E-state index is 13.7. The van der Waals surface area contributed by atoms with Gasteiger partial charge in [0.15, 0.2) is 10.1 Å². The van der Waals surface area contributed by atoms with Gasteiger partial charge in [0, 0.05) is 20.3 Å². The van der Waals surface area contributed by atoms with Crippen LogP contribution in [0.5, 0.6) is 0 Å². The van der Waals surface area contributed by atoms with E-state index in [9.17, 15) is 14.7 Å². The van der Waals surface area contributed by atoms with Gasteiger partial charge in [-0.2, -0.15) is 0 Å². The lowest BCUT2D eigenvalue weighted by Gasteiger charge is -2.24. The number of anilines is 1. The first-order valence-electron chi connectivity index (χ1n) is 11.0. The van der Waals surface area contributed by atoms with Gasteiger partial charge >= 0.3 is 0 Å². The fourth-order valence-corrected chi connectivity index (χ4v) is 7.56. The molecule has 1 amide bonds. The van der Waals surface area contributed by atoms with Crippen LogP contribution in [-0.2, 0) is 10.5 Å². The van der Waals surface area contributed by atoms with E-state index in [2.05, 4.69) is 31.1 Å². The largest absolute Gasteiger partial charge is 0.503 e. The number of carbonyl (C=O) groups excluding carboxylic acids is 2. The number of halogens is 3. The number of amides is 1. The summed E-state index contributed by atoms with van der Waals surface area (Å²) in [5.41, 5.74) is 2.06. The predicted molar refractivity (Wildman–Crippen MR) is 156 cm³/mol. The minimum absolute atomic E-state index is 0.0126. The van der Waals surface area contributed by atoms with Crippen LogP contribution >= 0.6 is 73.6 Å². The zero-order chi connectivity index (χ0) is 27.1. The molecule has 0 bridgehead atoms. The Morgan fingerprint density at radius 2 is 1.87 bits per heavy atom. The highest BCUT2D eigenvalue weighted by Gasteiger charge is 2.46. The number of hydrogen-bond acceptors (Lipinski definition) is 9. The number of aliphatic hydroxyl groups is 1. The van der Waals surface area contributed by atoms with Crippen molar-refractivity contribution in [3.8, 4) is 0 Å². The van der Waals surface area contributed by atoms with E-state index in [4.69, 9.17) is 23.2 Å². The summed E-state index contributed by atoms with van der Waals surface area (Å²) in [7, 11) is 0. The van der Waals surface area contributed by atoms with Crippen LogP contribution in [0, 0.1) is 13.8 Å². The molecule has 5 rings (SSSR count). The van der Waals surface area contributed by atoms with Crippen molar-refractivity contribution in [1.82, 2.24) is 15.2 Å². The lowest BCUT2D eigenvalue weighted by Crippen LogP contribution is -2.31. The van der Waals surface area contributed by atoms with Crippen LogP contribution in [0.1, 0.15) is 37.5 Å². The van der Waals surface area contributed by atoms with E-state index in [-0.39, 0.29) is 10.7 Å². The van der Waals surface area contributed by atoms with E-state index < -0.39 is 23.5 Å². The lowest BCUT2D eigenvalue weighted by atomic mass is 9.95. The number of aromatic nitrogens is 3. The number of ketones is 1. The van der Waals surface area contributed by atoms with Crippen LogP contribution < -0.4 is 4.90 Å². The van der Waals surface area contributed by atoms with Gasteiger partial charge in [-0.3, -0.25) is 14.5 Å². The molecule has 1 atom stereocenters. The highest BCUT2D eigenvalue weighted by atomic mass is 79.9. The van der Waals surface area contributed by atoms with Gasteiger partial charge < -0.3 is 5.11 Å². The van der Waals surface area contributed by atoms with Gasteiger partial charge in [-0.1, -0.05) is 80.4 Å². The molecule has 1 aliphatic rings. The molecule has 0 saturated carbocycles. The highest BCUT2D eigenvalue weighted by molar-refractivity contribution is 9.10. The van der Waals surface area contributed by atoms with Gasteiger partial charge in [0.2, 0.25) is 10.9 Å². The number of carbonyl (C=O) groups is 2. The summed E-state index contributed by atoms with van der Waals surface area (Å²) in [4.78, 5) is 33.1. The molecule has 194 valence electrons. The fraction of sp³-hybridized carbons (Fsp3) is 0.160. The molecule has 13 heteroatoms. The normalized spacial score (nSPS) is 15.6. The molecule has 1 unspecified atom stereocenters. The summed E-state index contributed by atoms with van der Waals surface area (Å²) in [6.45, 7) is 3.54.